The molecule has 0 spiro atoms. The molecule has 0 saturated heterocycles. The Morgan fingerprint density at radius 2 is 1.94 bits per heavy atom. The first-order chi connectivity index (χ1) is 8.06. The molecule has 0 bridgehead atoms. The monoisotopic (exact) mass is 270 g/mol. The molecule has 4 nitrogen and oxygen atoms in total. The Balaban J connectivity index is 2.20. The molecule has 2 rings (SSSR count). The van der Waals surface area contributed by atoms with Crippen molar-refractivity contribution in [3.8, 4) is 0 Å². The smallest absolute Gasteiger partial charge is 0.138 e. The van der Waals surface area contributed by atoms with Gasteiger partial charge in [-0.3, -0.25) is 4.68 Å². The van der Waals surface area contributed by atoms with E-state index >= 15 is 0 Å². The van der Waals surface area contributed by atoms with Crippen LogP contribution in [0.2, 0.25) is 10.0 Å². The van der Waals surface area contributed by atoms with Crippen molar-refractivity contribution in [1.82, 2.24) is 14.8 Å². The number of benzene rings is 1. The van der Waals surface area contributed by atoms with Crippen LogP contribution in [0.5, 0.6) is 0 Å². The zero-order valence-corrected chi connectivity index (χ0v) is 10.8. The number of halogens is 2. The number of nitrogens with two attached hydrogens (primary N) is 1. The number of aromatic nitrogens is 3. The highest BCUT2D eigenvalue weighted by molar-refractivity contribution is 6.34. The van der Waals surface area contributed by atoms with Gasteiger partial charge in [-0.15, -0.1) is 0 Å². The number of rotatable bonds is 3. The Morgan fingerprint density at radius 1 is 1.29 bits per heavy atom. The lowest BCUT2D eigenvalue weighted by atomic mass is 10.0. The molecule has 1 aromatic carbocycles. The number of hydrogen-bond acceptors (Lipinski definition) is 3. The first-order valence-corrected chi connectivity index (χ1v) is 5.86. The summed E-state index contributed by atoms with van der Waals surface area (Å²) in [5.41, 5.74) is 6.99. The van der Waals surface area contributed by atoms with E-state index in [0.29, 0.717) is 16.5 Å². The van der Waals surface area contributed by atoms with E-state index in [4.69, 9.17) is 28.9 Å². The van der Waals surface area contributed by atoms with Crippen LogP contribution < -0.4 is 5.73 Å². The normalized spacial score (nSPS) is 12.7. The van der Waals surface area contributed by atoms with E-state index in [0.717, 1.165) is 11.4 Å². The summed E-state index contributed by atoms with van der Waals surface area (Å²) in [5, 5.41) is 5.16. The summed E-state index contributed by atoms with van der Waals surface area (Å²) in [7, 11) is 1.83. The quantitative estimate of drug-likeness (QED) is 0.932. The summed E-state index contributed by atoms with van der Waals surface area (Å²) in [6, 6.07) is 5.11. The van der Waals surface area contributed by atoms with Crippen LogP contribution in [0.4, 0.5) is 0 Å². The van der Waals surface area contributed by atoms with Gasteiger partial charge in [0.2, 0.25) is 0 Å². The van der Waals surface area contributed by atoms with E-state index in [-0.39, 0.29) is 6.04 Å². The van der Waals surface area contributed by atoms with Crippen LogP contribution in [0.3, 0.4) is 0 Å². The molecule has 90 valence electrons. The minimum atomic E-state index is -0.200. The van der Waals surface area contributed by atoms with Crippen LogP contribution in [0, 0.1) is 0 Å². The Kier molecular flexibility index (Phi) is 3.66. The van der Waals surface area contributed by atoms with Gasteiger partial charge in [-0.2, -0.15) is 5.10 Å². The zero-order chi connectivity index (χ0) is 12.4. The fraction of sp³-hybridized carbons (Fsp3) is 0.273. The highest BCUT2D eigenvalue weighted by Crippen LogP contribution is 2.23. The van der Waals surface area contributed by atoms with E-state index in [9.17, 15) is 0 Å². The van der Waals surface area contributed by atoms with Gasteiger partial charge >= 0.3 is 0 Å². The molecular weight excluding hydrogens is 259 g/mol. The van der Waals surface area contributed by atoms with Gasteiger partial charge in [-0.25, -0.2) is 4.98 Å². The molecule has 0 fully saturated rings. The van der Waals surface area contributed by atoms with Crippen LogP contribution in [0.15, 0.2) is 24.5 Å². The molecule has 0 radical (unpaired) electrons. The summed E-state index contributed by atoms with van der Waals surface area (Å²) in [6.45, 7) is 0. The largest absolute Gasteiger partial charge is 0.324 e. The molecule has 1 unspecified atom stereocenters. The van der Waals surface area contributed by atoms with Crippen molar-refractivity contribution in [3.05, 3.63) is 46.0 Å². The molecular formula is C11H12Cl2N4. The molecule has 2 N–H and O–H groups in total. The van der Waals surface area contributed by atoms with Crippen LogP contribution in [0.1, 0.15) is 17.4 Å². The van der Waals surface area contributed by atoms with Crippen molar-refractivity contribution < 1.29 is 0 Å². The standard InChI is InChI=1S/C11H12Cl2N4/c1-17-11(15-6-16-17)5-10(14)7-2-8(12)4-9(13)3-7/h2-4,6,10H,5,14H2,1H3. The van der Waals surface area contributed by atoms with Gasteiger partial charge in [-0.05, 0) is 23.8 Å². The Bertz CT molecular complexity index is 504. The molecule has 17 heavy (non-hydrogen) atoms. The average Bonchev–Trinajstić information content (AvgIpc) is 2.63. The van der Waals surface area contributed by atoms with E-state index in [1.165, 1.54) is 6.33 Å². The molecule has 1 heterocycles. The van der Waals surface area contributed by atoms with Crippen LogP contribution >= 0.6 is 23.2 Å². The summed E-state index contributed by atoms with van der Waals surface area (Å²) in [5.74, 6) is 0.827. The molecule has 0 saturated carbocycles. The van der Waals surface area contributed by atoms with Gasteiger partial charge in [0.05, 0.1) is 0 Å². The Morgan fingerprint density at radius 3 is 2.47 bits per heavy atom. The van der Waals surface area contributed by atoms with Crippen molar-refractivity contribution in [3.63, 3.8) is 0 Å². The van der Waals surface area contributed by atoms with Gasteiger partial charge in [0.15, 0.2) is 0 Å². The SMILES string of the molecule is Cn1ncnc1CC(N)c1cc(Cl)cc(Cl)c1. The highest BCUT2D eigenvalue weighted by Gasteiger charge is 2.12. The van der Waals surface area contributed by atoms with E-state index < -0.39 is 0 Å². The predicted octanol–water partition coefficient (Wildman–Crippen LogP) is 2.36. The predicted molar refractivity (Wildman–Crippen MR) is 68.1 cm³/mol. The maximum absolute atomic E-state index is 6.09. The summed E-state index contributed by atoms with van der Waals surface area (Å²) in [4.78, 5) is 4.13. The molecule has 0 amide bonds. The van der Waals surface area contributed by atoms with Gasteiger partial charge in [0.25, 0.3) is 0 Å². The Hall–Kier alpha value is -1.10. The fourth-order valence-electron chi connectivity index (χ4n) is 1.61. The number of nitrogens with zero attached hydrogens (tertiary/aromatic N) is 3. The third kappa shape index (κ3) is 2.97. The molecule has 2 aromatic rings. The van der Waals surface area contributed by atoms with Crippen molar-refractivity contribution in [2.24, 2.45) is 12.8 Å². The Labute approximate surface area is 109 Å². The van der Waals surface area contributed by atoms with E-state index in [1.54, 1.807) is 10.7 Å². The van der Waals surface area contributed by atoms with E-state index in [1.807, 2.05) is 19.2 Å². The third-order valence-electron chi connectivity index (χ3n) is 2.52. The molecule has 0 aliphatic heterocycles. The van der Waals surface area contributed by atoms with Crippen molar-refractivity contribution >= 4 is 23.2 Å². The second-order valence-corrected chi connectivity index (χ2v) is 4.69. The van der Waals surface area contributed by atoms with Gasteiger partial charge < -0.3 is 5.73 Å². The second kappa shape index (κ2) is 5.04. The summed E-state index contributed by atoms with van der Waals surface area (Å²) < 4.78 is 1.70. The maximum atomic E-state index is 6.09. The lowest BCUT2D eigenvalue weighted by Gasteiger charge is -2.12. The van der Waals surface area contributed by atoms with Gasteiger partial charge in [0, 0.05) is 29.6 Å². The topological polar surface area (TPSA) is 56.7 Å². The fourth-order valence-corrected chi connectivity index (χ4v) is 2.15. The number of aryl methyl sites for hydroxylation is 1. The van der Waals surface area contributed by atoms with Crippen LogP contribution in [-0.2, 0) is 13.5 Å². The van der Waals surface area contributed by atoms with Gasteiger partial charge in [0.1, 0.15) is 12.2 Å². The molecule has 0 aliphatic rings. The van der Waals surface area contributed by atoms with Gasteiger partial charge in [-0.1, -0.05) is 23.2 Å². The van der Waals surface area contributed by atoms with Crippen molar-refractivity contribution in [2.75, 3.05) is 0 Å². The minimum absolute atomic E-state index is 0.200. The summed E-state index contributed by atoms with van der Waals surface area (Å²) >= 11 is 11.9. The van der Waals surface area contributed by atoms with Crippen molar-refractivity contribution in [1.29, 1.82) is 0 Å². The minimum Gasteiger partial charge on any atom is -0.324 e. The lowest BCUT2D eigenvalue weighted by molar-refractivity contribution is 0.629. The van der Waals surface area contributed by atoms with Crippen molar-refractivity contribution in [2.45, 2.75) is 12.5 Å². The third-order valence-corrected chi connectivity index (χ3v) is 2.96. The summed E-state index contributed by atoms with van der Waals surface area (Å²) in [6.07, 6.45) is 2.10. The maximum Gasteiger partial charge on any atom is 0.138 e. The molecule has 1 aromatic heterocycles. The molecule has 6 heteroatoms. The molecule has 0 aliphatic carbocycles. The second-order valence-electron chi connectivity index (χ2n) is 3.81. The lowest BCUT2D eigenvalue weighted by Crippen LogP contribution is -2.16. The molecule has 1 atom stereocenters. The van der Waals surface area contributed by atoms with Crippen LogP contribution in [0.25, 0.3) is 0 Å². The first-order valence-electron chi connectivity index (χ1n) is 5.10. The first kappa shape index (κ1) is 12.4. The van der Waals surface area contributed by atoms with E-state index in [2.05, 4.69) is 10.1 Å². The average molecular weight is 271 g/mol. The zero-order valence-electron chi connectivity index (χ0n) is 9.27. The highest BCUT2D eigenvalue weighted by atomic mass is 35.5. The number of hydrogen-bond donors (Lipinski definition) is 1. The van der Waals surface area contributed by atoms with Crippen LogP contribution in [-0.4, -0.2) is 14.8 Å².